The van der Waals surface area contributed by atoms with E-state index >= 15 is 0 Å². The maximum absolute atomic E-state index is 12.3. The predicted molar refractivity (Wildman–Crippen MR) is 79.1 cm³/mol. The van der Waals surface area contributed by atoms with Crippen LogP contribution >= 0.6 is 0 Å². The molecule has 0 fully saturated rings. The predicted octanol–water partition coefficient (Wildman–Crippen LogP) is 2.84. The highest BCUT2D eigenvalue weighted by atomic mass is 16.3. The fraction of sp³-hybridized carbons (Fsp3) is 0. The Bertz CT molecular complexity index is 851. The SMILES string of the molecule is C#Cc1ccc2c(c1)C(=O)C(=Cc1cccc(O)c1)C2=O. The molecule has 0 saturated heterocycles. The van der Waals surface area contributed by atoms with Crippen molar-refractivity contribution in [3.05, 3.63) is 70.3 Å². The molecular formula is C18H10O3. The topological polar surface area (TPSA) is 54.4 Å². The summed E-state index contributed by atoms with van der Waals surface area (Å²) in [7, 11) is 0. The lowest BCUT2D eigenvalue weighted by Crippen LogP contribution is -2.00. The highest BCUT2D eigenvalue weighted by molar-refractivity contribution is 6.41. The lowest BCUT2D eigenvalue weighted by Gasteiger charge is -1.97. The Labute approximate surface area is 121 Å². The van der Waals surface area contributed by atoms with Gasteiger partial charge in [0.25, 0.3) is 0 Å². The van der Waals surface area contributed by atoms with Gasteiger partial charge in [-0.1, -0.05) is 18.1 Å². The van der Waals surface area contributed by atoms with Gasteiger partial charge in [0.2, 0.25) is 0 Å². The molecule has 1 aliphatic carbocycles. The van der Waals surface area contributed by atoms with Crippen molar-refractivity contribution in [2.45, 2.75) is 0 Å². The summed E-state index contributed by atoms with van der Waals surface area (Å²) in [5.41, 5.74) is 1.95. The highest BCUT2D eigenvalue weighted by Gasteiger charge is 2.33. The minimum atomic E-state index is -0.338. The number of carbonyl (C=O) groups excluding carboxylic acids is 2. The van der Waals surface area contributed by atoms with Crippen LogP contribution in [-0.4, -0.2) is 16.7 Å². The maximum atomic E-state index is 12.3. The molecule has 21 heavy (non-hydrogen) atoms. The van der Waals surface area contributed by atoms with Gasteiger partial charge in [-0.2, -0.15) is 0 Å². The van der Waals surface area contributed by atoms with Crippen molar-refractivity contribution in [2.24, 2.45) is 0 Å². The van der Waals surface area contributed by atoms with E-state index in [9.17, 15) is 14.7 Å². The molecule has 0 radical (unpaired) electrons. The standard InChI is InChI=1S/C18H10O3/c1-2-11-6-7-14-15(9-11)18(21)16(17(14)20)10-12-4-3-5-13(19)8-12/h1,3-10,19H. The van der Waals surface area contributed by atoms with Gasteiger partial charge in [-0.3, -0.25) is 9.59 Å². The van der Waals surface area contributed by atoms with E-state index in [1.807, 2.05) is 0 Å². The molecule has 0 saturated carbocycles. The Balaban J connectivity index is 2.10. The molecule has 0 aromatic heterocycles. The quantitative estimate of drug-likeness (QED) is 0.494. The van der Waals surface area contributed by atoms with Crippen LogP contribution in [0.15, 0.2) is 48.0 Å². The average molecular weight is 274 g/mol. The fourth-order valence-electron chi connectivity index (χ4n) is 2.33. The number of phenols is 1. The molecule has 0 atom stereocenters. The van der Waals surface area contributed by atoms with E-state index in [4.69, 9.17) is 6.42 Å². The number of rotatable bonds is 1. The van der Waals surface area contributed by atoms with E-state index in [2.05, 4.69) is 5.92 Å². The molecule has 0 unspecified atom stereocenters. The molecule has 0 amide bonds. The van der Waals surface area contributed by atoms with Crippen molar-refractivity contribution in [3.8, 4) is 18.1 Å². The van der Waals surface area contributed by atoms with Crippen molar-refractivity contribution in [3.63, 3.8) is 0 Å². The molecule has 0 bridgehead atoms. The summed E-state index contributed by atoms with van der Waals surface area (Å²) >= 11 is 0. The summed E-state index contributed by atoms with van der Waals surface area (Å²) in [5, 5.41) is 9.44. The zero-order valence-corrected chi connectivity index (χ0v) is 11.0. The zero-order chi connectivity index (χ0) is 15.0. The van der Waals surface area contributed by atoms with Crippen LogP contribution in [0.1, 0.15) is 31.8 Å². The molecule has 2 aromatic carbocycles. The molecule has 0 heterocycles. The van der Waals surface area contributed by atoms with Gasteiger partial charge in [0.05, 0.1) is 5.57 Å². The van der Waals surface area contributed by atoms with E-state index in [1.165, 1.54) is 18.2 Å². The van der Waals surface area contributed by atoms with Crippen molar-refractivity contribution >= 4 is 17.6 Å². The smallest absolute Gasteiger partial charge is 0.197 e. The first-order valence-electron chi connectivity index (χ1n) is 6.31. The van der Waals surface area contributed by atoms with Crippen LogP contribution in [0.25, 0.3) is 6.08 Å². The second kappa shape index (κ2) is 4.77. The van der Waals surface area contributed by atoms with E-state index in [0.29, 0.717) is 22.3 Å². The van der Waals surface area contributed by atoms with Crippen molar-refractivity contribution in [1.29, 1.82) is 0 Å². The van der Waals surface area contributed by atoms with Crippen molar-refractivity contribution < 1.29 is 14.7 Å². The molecule has 1 aliphatic rings. The molecule has 1 N–H and O–H groups in total. The molecule has 3 heteroatoms. The van der Waals surface area contributed by atoms with Gasteiger partial charge in [-0.25, -0.2) is 0 Å². The highest BCUT2D eigenvalue weighted by Crippen LogP contribution is 2.29. The Morgan fingerprint density at radius 2 is 1.76 bits per heavy atom. The number of allylic oxidation sites excluding steroid dienone is 1. The van der Waals surface area contributed by atoms with Crippen molar-refractivity contribution in [1.82, 2.24) is 0 Å². The van der Waals surface area contributed by atoms with Gasteiger partial charge >= 0.3 is 0 Å². The van der Waals surface area contributed by atoms with Crippen LogP contribution < -0.4 is 0 Å². The Morgan fingerprint density at radius 1 is 1.00 bits per heavy atom. The van der Waals surface area contributed by atoms with E-state index in [-0.39, 0.29) is 22.9 Å². The summed E-state index contributed by atoms with van der Waals surface area (Å²) in [6, 6.07) is 11.1. The first-order chi connectivity index (χ1) is 10.1. The van der Waals surface area contributed by atoms with Crippen LogP contribution in [0, 0.1) is 12.3 Å². The van der Waals surface area contributed by atoms with E-state index < -0.39 is 0 Å². The van der Waals surface area contributed by atoms with Crippen LogP contribution in [0.5, 0.6) is 5.75 Å². The third-order valence-corrected chi connectivity index (χ3v) is 3.35. The Hall–Kier alpha value is -3.12. The molecule has 0 aliphatic heterocycles. The summed E-state index contributed by atoms with van der Waals surface area (Å²) < 4.78 is 0. The van der Waals surface area contributed by atoms with Gasteiger partial charge in [-0.05, 0) is 42.0 Å². The molecule has 2 aromatic rings. The summed E-state index contributed by atoms with van der Waals surface area (Å²) in [6.45, 7) is 0. The molecular weight excluding hydrogens is 264 g/mol. The Morgan fingerprint density at radius 3 is 2.48 bits per heavy atom. The molecule has 3 nitrogen and oxygen atoms in total. The number of fused-ring (bicyclic) bond motifs is 1. The molecule has 3 rings (SSSR count). The molecule has 100 valence electrons. The maximum Gasteiger partial charge on any atom is 0.197 e. The van der Waals surface area contributed by atoms with Crippen LogP contribution in [-0.2, 0) is 0 Å². The van der Waals surface area contributed by atoms with Crippen LogP contribution in [0.2, 0.25) is 0 Å². The number of Topliss-reactive ketones (excluding diaryl/α,β-unsaturated/α-hetero) is 2. The number of benzene rings is 2. The number of phenolic OH excluding ortho intramolecular Hbond substituents is 1. The lowest BCUT2D eigenvalue weighted by atomic mass is 10.1. The van der Waals surface area contributed by atoms with Crippen molar-refractivity contribution in [2.75, 3.05) is 0 Å². The van der Waals surface area contributed by atoms with E-state index in [1.54, 1.807) is 30.3 Å². The van der Waals surface area contributed by atoms with Gasteiger partial charge in [0, 0.05) is 16.7 Å². The first-order valence-corrected chi connectivity index (χ1v) is 6.31. The van der Waals surface area contributed by atoms with Gasteiger partial charge in [0.15, 0.2) is 11.6 Å². The molecule has 0 spiro atoms. The average Bonchev–Trinajstić information content (AvgIpc) is 2.72. The normalized spacial score (nSPS) is 15.1. The third kappa shape index (κ3) is 2.13. The number of aromatic hydroxyl groups is 1. The van der Waals surface area contributed by atoms with Gasteiger partial charge < -0.3 is 5.11 Å². The lowest BCUT2D eigenvalue weighted by molar-refractivity contribution is 0.0990. The number of terminal acetylenes is 1. The van der Waals surface area contributed by atoms with Gasteiger partial charge in [0.1, 0.15) is 5.75 Å². The minimum absolute atomic E-state index is 0.0781. The van der Waals surface area contributed by atoms with E-state index in [0.717, 1.165) is 0 Å². The van der Waals surface area contributed by atoms with Crippen LogP contribution in [0.3, 0.4) is 0 Å². The second-order valence-electron chi connectivity index (χ2n) is 4.72. The second-order valence-corrected chi connectivity index (χ2v) is 4.72. The summed E-state index contributed by atoms with van der Waals surface area (Å²) in [6.07, 6.45) is 6.80. The summed E-state index contributed by atoms with van der Waals surface area (Å²) in [5.74, 6) is 1.87. The zero-order valence-electron chi connectivity index (χ0n) is 11.0. The monoisotopic (exact) mass is 274 g/mol. The third-order valence-electron chi connectivity index (χ3n) is 3.35. The minimum Gasteiger partial charge on any atom is -0.508 e. The largest absolute Gasteiger partial charge is 0.508 e. The summed E-state index contributed by atoms with van der Waals surface area (Å²) in [4.78, 5) is 24.6. The first kappa shape index (κ1) is 12.9. The number of hydrogen-bond acceptors (Lipinski definition) is 3. The number of carbonyl (C=O) groups is 2. The van der Waals surface area contributed by atoms with Crippen LogP contribution in [0.4, 0.5) is 0 Å². The number of ketones is 2. The fourth-order valence-corrected chi connectivity index (χ4v) is 2.33. The Kier molecular flexibility index (Phi) is 2.93. The van der Waals surface area contributed by atoms with Gasteiger partial charge in [-0.15, -0.1) is 6.42 Å². The number of hydrogen-bond donors (Lipinski definition) is 1.